The average Bonchev–Trinajstić information content (AvgIpc) is 3.60. The lowest BCUT2D eigenvalue weighted by Gasteiger charge is -2.37. The molecule has 1 aromatic heterocycles. The van der Waals surface area contributed by atoms with Crippen molar-refractivity contribution in [1.29, 1.82) is 0 Å². The van der Waals surface area contributed by atoms with Crippen molar-refractivity contribution in [3.8, 4) is 11.5 Å². The molecule has 1 aliphatic carbocycles. The summed E-state index contributed by atoms with van der Waals surface area (Å²) in [7, 11) is -2.30. The molecule has 1 amide bonds. The highest BCUT2D eigenvalue weighted by atomic mass is 32.2. The zero-order valence-corrected chi connectivity index (χ0v) is 22.8. The van der Waals surface area contributed by atoms with E-state index in [4.69, 9.17) is 9.47 Å². The van der Waals surface area contributed by atoms with Crippen LogP contribution in [0.4, 0.5) is 0 Å². The fraction of sp³-hybridized carbons (Fsp3) is 0.393. The molecular weight excluding hydrogens is 508 g/mol. The van der Waals surface area contributed by atoms with Gasteiger partial charge in [-0.25, -0.2) is 8.42 Å². The SMILES string of the molecule is COc1ccc(S(=O)(=O)N(CC(=O)N2CCc3sccc3[C@H]2COc2ccccc2C)CC2CC2)cc1. The van der Waals surface area contributed by atoms with Crippen molar-refractivity contribution in [3.63, 3.8) is 0 Å². The van der Waals surface area contributed by atoms with Crippen LogP contribution in [-0.2, 0) is 21.2 Å². The Labute approximate surface area is 222 Å². The smallest absolute Gasteiger partial charge is 0.243 e. The molecule has 0 bridgehead atoms. The molecule has 1 atom stereocenters. The molecule has 1 aliphatic heterocycles. The maximum absolute atomic E-state index is 13.8. The molecule has 1 fully saturated rings. The van der Waals surface area contributed by atoms with Gasteiger partial charge in [0.05, 0.1) is 24.6 Å². The predicted octanol–water partition coefficient (Wildman–Crippen LogP) is 4.67. The summed E-state index contributed by atoms with van der Waals surface area (Å²) in [5.74, 6) is 1.47. The van der Waals surface area contributed by atoms with Gasteiger partial charge < -0.3 is 14.4 Å². The number of carbonyl (C=O) groups excluding carboxylic acids is 1. The first-order valence-electron chi connectivity index (χ1n) is 12.5. The second-order valence-electron chi connectivity index (χ2n) is 9.65. The number of fused-ring (bicyclic) bond motifs is 1. The minimum Gasteiger partial charge on any atom is -0.497 e. The highest BCUT2D eigenvalue weighted by Crippen LogP contribution is 2.35. The van der Waals surface area contributed by atoms with Crippen molar-refractivity contribution in [3.05, 3.63) is 76.0 Å². The number of benzene rings is 2. The number of carbonyl (C=O) groups is 1. The van der Waals surface area contributed by atoms with Gasteiger partial charge in [-0.05, 0) is 85.0 Å². The molecule has 0 N–H and O–H groups in total. The van der Waals surface area contributed by atoms with Crippen molar-refractivity contribution in [2.75, 3.05) is 33.4 Å². The van der Waals surface area contributed by atoms with Crippen molar-refractivity contribution < 1.29 is 22.7 Å². The van der Waals surface area contributed by atoms with Crippen molar-refractivity contribution in [2.45, 2.75) is 37.1 Å². The first kappa shape index (κ1) is 25.8. The van der Waals surface area contributed by atoms with Gasteiger partial charge in [-0.3, -0.25) is 4.79 Å². The number of aryl methyl sites for hydroxylation is 1. The van der Waals surface area contributed by atoms with Gasteiger partial charge in [-0.1, -0.05) is 18.2 Å². The Morgan fingerprint density at radius 1 is 1.11 bits per heavy atom. The van der Waals surface area contributed by atoms with E-state index in [9.17, 15) is 13.2 Å². The fourth-order valence-electron chi connectivity index (χ4n) is 4.74. The third-order valence-electron chi connectivity index (χ3n) is 7.07. The number of nitrogens with zero attached hydrogens (tertiary/aromatic N) is 2. The third-order valence-corrected chi connectivity index (χ3v) is 9.90. The van der Waals surface area contributed by atoms with Crippen molar-refractivity contribution in [2.24, 2.45) is 5.92 Å². The molecule has 7 nitrogen and oxygen atoms in total. The molecule has 0 saturated heterocycles. The van der Waals surface area contributed by atoms with Crippen LogP contribution >= 0.6 is 11.3 Å². The zero-order chi connectivity index (χ0) is 26.0. The number of hydrogen-bond donors (Lipinski definition) is 0. The lowest BCUT2D eigenvalue weighted by molar-refractivity contribution is -0.135. The number of ether oxygens (including phenoxy) is 2. The standard InChI is InChI=1S/C28H32N2O5S2/c1-20-5-3-4-6-26(20)35-19-25-24-14-16-36-27(24)13-15-30(25)28(31)18-29(17-21-7-8-21)37(32,33)23-11-9-22(34-2)10-12-23/h3-6,9-12,14,16,21,25H,7-8,13,15,17-19H2,1-2H3/t25-/m1/s1. The minimum absolute atomic E-state index is 0.167. The topological polar surface area (TPSA) is 76.2 Å². The summed E-state index contributed by atoms with van der Waals surface area (Å²) in [5, 5.41) is 2.05. The molecule has 196 valence electrons. The quantitative estimate of drug-likeness (QED) is 0.374. The summed E-state index contributed by atoms with van der Waals surface area (Å²) in [5.41, 5.74) is 2.12. The highest BCUT2D eigenvalue weighted by Gasteiger charge is 2.37. The summed E-state index contributed by atoms with van der Waals surface area (Å²) in [4.78, 5) is 17.0. The molecule has 0 radical (unpaired) electrons. The number of hydrogen-bond acceptors (Lipinski definition) is 6. The van der Waals surface area contributed by atoms with Crippen LogP contribution in [0.25, 0.3) is 0 Å². The second-order valence-corrected chi connectivity index (χ2v) is 12.6. The predicted molar refractivity (Wildman–Crippen MR) is 144 cm³/mol. The summed E-state index contributed by atoms with van der Waals surface area (Å²) < 4.78 is 39.9. The van der Waals surface area contributed by atoms with Gasteiger partial charge >= 0.3 is 0 Å². The van der Waals surface area contributed by atoms with Gasteiger partial charge in [0.15, 0.2) is 0 Å². The van der Waals surface area contributed by atoms with E-state index >= 15 is 0 Å². The maximum atomic E-state index is 13.8. The van der Waals surface area contributed by atoms with Crippen LogP contribution in [0.15, 0.2) is 64.9 Å². The number of amides is 1. The van der Waals surface area contributed by atoms with Gasteiger partial charge in [0.1, 0.15) is 18.1 Å². The molecular formula is C28H32N2O5S2. The van der Waals surface area contributed by atoms with Crippen LogP contribution in [0.1, 0.15) is 34.9 Å². The Morgan fingerprint density at radius 3 is 2.57 bits per heavy atom. The summed E-state index contributed by atoms with van der Waals surface area (Å²) in [6.45, 7) is 3.00. The summed E-state index contributed by atoms with van der Waals surface area (Å²) in [6, 6.07) is 15.9. The lowest BCUT2D eigenvalue weighted by Crippen LogP contribution is -2.48. The minimum atomic E-state index is -3.84. The van der Waals surface area contributed by atoms with E-state index in [1.54, 1.807) is 35.5 Å². The Morgan fingerprint density at radius 2 is 1.86 bits per heavy atom. The van der Waals surface area contributed by atoms with E-state index in [1.807, 2.05) is 36.6 Å². The van der Waals surface area contributed by atoms with Gasteiger partial charge in [0.2, 0.25) is 15.9 Å². The van der Waals surface area contributed by atoms with E-state index in [-0.39, 0.29) is 23.4 Å². The normalized spacial score (nSPS) is 17.5. The molecule has 2 heterocycles. The Hall–Kier alpha value is -2.88. The van der Waals surface area contributed by atoms with E-state index in [0.29, 0.717) is 31.4 Å². The number of sulfonamides is 1. The average molecular weight is 541 g/mol. The summed E-state index contributed by atoms with van der Waals surface area (Å²) >= 11 is 1.69. The monoisotopic (exact) mass is 540 g/mol. The van der Waals surface area contributed by atoms with Crippen LogP contribution in [0.5, 0.6) is 11.5 Å². The maximum Gasteiger partial charge on any atom is 0.243 e. The van der Waals surface area contributed by atoms with Gasteiger partial charge in [-0.2, -0.15) is 4.31 Å². The first-order chi connectivity index (χ1) is 17.9. The Kier molecular flexibility index (Phi) is 7.55. The highest BCUT2D eigenvalue weighted by molar-refractivity contribution is 7.89. The third kappa shape index (κ3) is 5.68. The molecule has 0 unspecified atom stereocenters. The zero-order valence-electron chi connectivity index (χ0n) is 21.1. The molecule has 2 aliphatic rings. The molecule has 0 spiro atoms. The number of methoxy groups -OCH3 is 1. The molecule has 1 saturated carbocycles. The van der Waals surface area contributed by atoms with Crippen LogP contribution in [0, 0.1) is 12.8 Å². The van der Waals surface area contributed by atoms with Crippen LogP contribution in [0.3, 0.4) is 0 Å². The van der Waals surface area contributed by atoms with Crippen LogP contribution in [0.2, 0.25) is 0 Å². The molecule has 3 aromatic rings. The van der Waals surface area contributed by atoms with Gasteiger partial charge in [0.25, 0.3) is 0 Å². The largest absolute Gasteiger partial charge is 0.497 e. The van der Waals surface area contributed by atoms with Gasteiger partial charge in [0, 0.05) is 18.0 Å². The van der Waals surface area contributed by atoms with Crippen molar-refractivity contribution >= 4 is 27.3 Å². The summed E-state index contributed by atoms with van der Waals surface area (Å²) in [6.07, 6.45) is 2.73. The number of thiophene rings is 1. The van der Waals surface area contributed by atoms with Crippen molar-refractivity contribution in [1.82, 2.24) is 9.21 Å². The van der Waals surface area contributed by atoms with E-state index in [2.05, 4.69) is 6.07 Å². The van der Waals surface area contributed by atoms with Crippen LogP contribution < -0.4 is 9.47 Å². The van der Waals surface area contributed by atoms with Gasteiger partial charge in [-0.15, -0.1) is 11.3 Å². The van der Waals surface area contributed by atoms with Crippen LogP contribution in [-0.4, -0.2) is 56.9 Å². The number of rotatable bonds is 10. The van der Waals surface area contributed by atoms with E-state index in [0.717, 1.165) is 36.1 Å². The molecule has 9 heteroatoms. The Bertz CT molecular complexity index is 1350. The first-order valence-corrected chi connectivity index (χ1v) is 14.9. The molecule has 5 rings (SSSR count). The second kappa shape index (κ2) is 10.8. The number of para-hydroxylation sites is 1. The molecule has 37 heavy (non-hydrogen) atoms. The van der Waals surface area contributed by atoms with E-state index < -0.39 is 10.0 Å². The molecule has 2 aromatic carbocycles. The lowest BCUT2D eigenvalue weighted by atomic mass is 10.0. The fourth-order valence-corrected chi connectivity index (χ4v) is 7.13. The van der Waals surface area contributed by atoms with E-state index in [1.165, 1.54) is 21.3 Å². The Balaban J connectivity index is 1.37.